The van der Waals surface area contributed by atoms with Crippen molar-refractivity contribution in [3.05, 3.63) is 83.8 Å². The number of amides is 1. The Hall–Kier alpha value is -3.71. The largest absolute Gasteiger partial charge is 0.494 e. The Morgan fingerprint density at radius 3 is 2.77 bits per heavy atom. The Kier molecular flexibility index (Phi) is 4.88. The number of aromatic amines is 1. The predicted octanol–water partition coefficient (Wildman–Crippen LogP) is 5.34. The number of H-pyrrole nitrogens is 1. The van der Waals surface area contributed by atoms with Gasteiger partial charge >= 0.3 is 0 Å². The van der Waals surface area contributed by atoms with Crippen LogP contribution in [0.15, 0.2) is 67.0 Å². The fourth-order valence-corrected chi connectivity index (χ4v) is 4.70. The van der Waals surface area contributed by atoms with E-state index < -0.39 is 0 Å². The molecule has 0 aliphatic carbocycles. The number of hydrogen-bond acceptors (Lipinski definition) is 5. The molecule has 0 bridgehead atoms. The summed E-state index contributed by atoms with van der Waals surface area (Å²) in [6.07, 6.45) is 3.49. The quantitative estimate of drug-likeness (QED) is 0.410. The molecular weight excluding hydrogens is 408 g/mol. The van der Waals surface area contributed by atoms with Crippen molar-refractivity contribution >= 4 is 43.5 Å². The molecule has 0 atom stereocenters. The van der Waals surface area contributed by atoms with Gasteiger partial charge in [0.2, 0.25) is 0 Å². The smallest absolute Gasteiger partial charge is 0.262 e. The number of anilines is 1. The van der Waals surface area contributed by atoms with Gasteiger partial charge in [0, 0.05) is 23.3 Å². The molecule has 7 heteroatoms. The number of aryl methyl sites for hydroxylation is 1. The summed E-state index contributed by atoms with van der Waals surface area (Å²) in [4.78, 5) is 27.9. The SMILES string of the molecule is COc1ccc(C)c2sc(N(Cc3ccccn3)C(=O)c3c[nH]c4ccccc34)nc12. The van der Waals surface area contributed by atoms with Gasteiger partial charge in [0.1, 0.15) is 11.3 Å². The van der Waals surface area contributed by atoms with Crippen LogP contribution in [0.1, 0.15) is 21.6 Å². The molecule has 0 aliphatic rings. The predicted molar refractivity (Wildman–Crippen MR) is 124 cm³/mol. The minimum absolute atomic E-state index is 0.126. The fraction of sp³-hybridized carbons (Fsp3) is 0.125. The lowest BCUT2D eigenvalue weighted by molar-refractivity contribution is 0.0986. The monoisotopic (exact) mass is 428 g/mol. The molecule has 1 N–H and O–H groups in total. The van der Waals surface area contributed by atoms with Crippen molar-refractivity contribution in [3.8, 4) is 5.75 Å². The van der Waals surface area contributed by atoms with Crippen LogP contribution in [0.5, 0.6) is 5.75 Å². The molecule has 5 rings (SSSR count). The van der Waals surface area contributed by atoms with E-state index in [9.17, 15) is 4.79 Å². The third kappa shape index (κ3) is 3.43. The highest BCUT2D eigenvalue weighted by Gasteiger charge is 2.25. The van der Waals surface area contributed by atoms with E-state index in [-0.39, 0.29) is 5.91 Å². The lowest BCUT2D eigenvalue weighted by atomic mass is 10.1. The first-order chi connectivity index (χ1) is 15.2. The first-order valence-electron chi connectivity index (χ1n) is 9.87. The maximum atomic E-state index is 13.8. The van der Waals surface area contributed by atoms with Crippen LogP contribution in [-0.4, -0.2) is 28.0 Å². The van der Waals surface area contributed by atoms with E-state index in [4.69, 9.17) is 9.72 Å². The van der Waals surface area contributed by atoms with Crippen molar-refractivity contribution in [1.29, 1.82) is 0 Å². The lowest BCUT2D eigenvalue weighted by Gasteiger charge is -2.19. The minimum atomic E-state index is -0.126. The number of thiazole rings is 1. The topological polar surface area (TPSA) is 71.1 Å². The number of carbonyl (C=O) groups excluding carboxylic acids is 1. The molecule has 31 heavy (non-hydrogen) atoms. The highest BCUT2D eigenvalue weighted by atomic mass is 32.1. The molecule has 0 spiro atoms. The molecule has 154 valence electrons. The van der Waals surface area contributed by atoms with Gasteiger partial charge in [-0.2, -0.15) is 0 Å². The zero-order valence-corrected chi connectivity index (χ0v) is 17.9. The lowest BCUT2D eigenvalue weighted by Crippen LogP contribution is -2.30. The molecule has 3 aromatic heterocycles. The maximum Gasteiger partial charge on any atom is 0.262 e. The molecule has 5 aromatic rings. The van der Waals surface area contributed by atoms with Gasteiger partial charge in [-0.15, -0.1) is 0 Å². The van der Waals surface area contributed by atoms with Crippen LogP contribution in [-0.2, 0) is 6.54 Å². The van der Waals surface area contributed by atoms with E-state index in [0.717, 1.165) is 32.4 Å². The standard InChI is InChI=1S/C24H20N4O2S/c1-15-10-11-20(30-2)21-22(15)31-24(27-21)28(14-16-7-5-6-12-25-16)23(29)18-13-26-19-9-4-3-8-17(18)19/h3-13,26H,14H2,1-2H3. The van der Waals surface area contributed by atoms with E-state index >= 15 is 0 Å². The molecule has 1 amide bonds. The second-order valence-corrected chi connectivity index (χ2v) is 8.20. The number of ether oxygens (including phenoxy) is 1. The van der Waals surface area contributed by atoms with Gasteiger partial charge in [-0.25, -0.2) is 4.98 Å². The molecule has 0 aliphatic heterocycles. The molecule has 6 nitrogen and oxygen atoms in total. The van der Waals surface area contributed by atoms with Gasteiger partial charge in [0.05, 0.1) is 29.6 Å². The van der Waals surface area contributed by atoms with Gasteiger partial charge in [-0.1, -0.05) is 41.7 Å². The first kappa shape index (κ1) is 19.3. The third-order valence-electron chi connectivity index (χ3n) is 5.25. The number of para-hydroxylation sites is 1. The third-order valence-corrected chi connectivity index (χ3v) is 6.47. The number of nitrogens with zero attached hydrogens (tertiary/aromatic N) is 3. The van der Waals surface area contributed by atoms with Gasteiger partial charge in [-0.05, 0) is 36.8 Å². The Morgan fingerprint density at radius 1 is 1.13 bits per heavy atom. The van der Waals surface area contributed by atoms with Crippen LogP contribution >= 0.6 is 11.3 Å². The molecule has 0 saturated heterocycles. The molecule has 0 fully saturated rings. The van der Waals surface area contributed by atoms with E-state index in [1.807, 2.05) is 61.5 Å². The van der Waals surface area contributed by atoms with E-state index in [2.05, 4.69) is 9.97 Å². The van der Waals surface area contributed by atoms with Crippen LogP contribution < -0.4 is 9.64 Å². The van der Waals surface area contributed by atoms with Crippen molar-refractivity contribution in [1.82, 2.24) is 15.0 Å². The average molecular weight is 429 g/mol. The Bertz CT molecular complexity index is 1390. The molecule has 0 saturated carbocycles. The number of methoxy groups -OCH3 is 1. The van der Waals surface area contributed by atoms with Crippen LogP contribution in [0, 0.1) is 6.92 Å². The minimum Gasteiger partial charge on any atom is -0.494 e. The fourth-order valence-electron chi connectivity index (χ4n) is 3.65. The molecule has 2 aromatic carbocycles. The van der Waals surface area contributed by atoms with Crippen LogP contribution in [0.25, 0.3) is 21.1 Å². The van der Waals surface area contributed by atoms with Gasteiger partial charge in [-0.3, -0.25) is 14.7 Å². The molecular formula is C24H20N4O2S. The second-order valence-electron chi connectivity index (χ2n) is 7.22. The van der Waals surface area contributed by atoms with Crippen molar-refractivity contribution in [3.63, 3.8) is 0 Å². The number of nitrogens with one attached hydrogen (secondary N) is 1. The average Bonchev–Trinajstić information content (AvgIpc) is 3.43. The highest BCUT2D eigenvalue weighted by Crippen LogP contribution is 2.37. The summed E-state index contributed by atoms with van der Waals surface area (Å²) in [5.41, 5.74) is 4.18. The molecule has 0 radical (unpaired) electrons. The van der Waals surface area contributed by atoms with Gasteiger partial charge < -0.3 is 9.72 Å². The normalized spacial score (nSPS) is 11.2. The number of fused-ring (bicyclic) bond motifs is 2. The molecule has 3 heterocycles. The van der Waals surface area contributed by atoms with E-state index in [1.54, 1.807) is 24.4 Å². The summed E-state index contributed by atoms with van der Waals surface area (Å²) in [7, 11) is 1.63. The number of benzene rings is 2. The van der Waals surface area contributed by atoms with Crippen LogP contribution in [0.2, 0.25) is 0 Å². The van der Waals surface area contributed by atoms with Crippen LogP contribution in [0.3, 0.4) is 0 Å². The summed E-state index contributed by atoms with van der Waals surface area (Å²) in [6.45, 7) is 2.36. The van der Waals surface area contributed by atoms with Crippen molar-refractivity contribution < 1.29 is 9.53 Å². The Labute approximate surface area is 183 Å². The summed E-state index contributed by atoms with van der Waals surface area (Å²) < 4.78 is 6.51. The van der Waals surface area contributed by atoms with Crippen molar-refractivity contribution in [2.75, 3.05) is 12.0 Å². The zero-order chi connectivity index (χ0) is 21.4. The van der Waals surface area contributed by atoms with E-state index in [1.165, 1.54) is 11.3 Å². The Balaban J connectivity index is 1.65. The number of hydrogen-bond donors (Lipinski definition) is 1. The van der Waals surface area contributed by atoms with E-state index in [0.29, 0.717) is 23.0 Å². The van der Waals surface area contributed by atoms with Crippen LogP contribution in [0.4, 0.5) is 5.13 Å². The summed E-state index contributed by atoms with van der Waals surface area (Å²) in [5.74, 6) is 0.569. The van der Waals surface area contributed by atoms with Gasteiger partial charge in [0.15, 0.2) is 5.13 Å². The number of rotatable bonds is 5. The molecule has 0 unspecified atom stereocenters. The summed E-state index contributed by atoms with van der Waals surface area (Å²) >= 11 is 1.49. The first-order valence-corrected chi connectivity index (χ1v) is 10.7. The zero-order valence-electron chi connectivity index (χ0n) is 17.1. The maximum absolute atomic E-state index is 13.8. The summed E-state index contributed by atoms with van der Waals surface area (Å²) in [6, 6.07) is 17.4. The Morgan fingerprint density at radius 2 is 1.97 bits per heavy atom. The number of carbonyl (C=O) groups is 1. The second kappa shape index (κ2) is 7.85. The summed E-state index contributed by atoms with van der Waals surface area (Å²) in [5, 5.41) is 1.50. The van der Waals surface area contributed by atoms with Crippen molar-refractivity contribution in [2.45, 2.75) is 13.5 Å². The van der Waals surface area contributed by atoms with Crippen molar-refractivity contribution in [2.24, 2.45) is 0 Å². The highest BCUT2D eigenvalue weighted by molar-refractivity contribution is 7.22. The number of pyridine rings is 1. The van der Waals surface area contributed by atoms with Gasteiger partial charge in [0.25, 0.3) is 5.91 Å². The number of aromatic nitrogens is 3.